The molecule has 18 heavy (non-hydrogen) atoms. The zero-order valence-electron chi connectivity index (χ0n) is 10.5. The molecule has 1 aromatic carbocycles. The van der Waals surface area contributed by atoms with Gasteiger partial charge >= 0.3 is 0 Å². The number of hydrogen-bond donors (Lipinski definition) is 0. The Morgan fingerprint density at radius 2 is 1.67 bits per heavy atom. The normalized spacial score (nSPS) is 14.2. The Bertz CT molecular complexity index is 424. The summed E-state index contributed by atoms with van der Waals surface area (Å²) < 4.78 is 0. The van der Waals surface area contributed by atoms with Crippen molar-refractivity contribution in [2.24, 2.45) is 0 Å². The first-order valence-corrected chi connectivity index (χ1v) is 7.44. The second kappa shape index (κ2) is 6.05. The average molecular weight is 263 g/mol. The van der Waals surface area contributed by atoms with E-state index in [9.17, 15) is 9.59 Å². The Labute approximate surface area is 112 Å². The lowest BCUT2D eigenvalue weighted by Crippen LogP contribution is -2.31. The number of rotatable bonds is 6. The Hall–Kier alpha value is -1.29. The second-order valence-corrected chi connectivity index (χ2v) is 5.50. The predicted molar refractivity (Wildman–Crippen MR) is 74.0 cm³/mol. The van der Waals surface area contributed by atoms with Crippen molar-refractivity contribution in [2.45, 2.75) is 19.8 Å². The van der Waals surface area contributed by atoms with Crippen LogP contribution in [0.3, 0.4) is 0 Å². The van der Waals surface area contributed by atoms with Crippen LogP contribution in [-0.4, -0.2) is 34.8 Å². The van der Waals surface area contributed by atoms with E-state index in [2.05, 4.69) is 6.92 Å². The fraction of sp³-hybridized carbons (Fsp3) is 0.429. The lowest BCUT2D eigenvalue weighted by Gasteiger charge is -2.13. The summed E-state index contributed by atoms with van der Waals surface area (Å²) in [7, 11) is 0. The molecule has 0 aliphatic carbocycles. The van der Waals surface area contributed by atoms with Crippen LogP contribution >= 0.6 is 11.8 Å². The summed E-state index contributed by atoms with van der Waals surface area (Å²) in [4.78, 5) is 25.4. The zero-order valence-corrected chi connectivity index (χ0v) is 11.3. The third-order valence-electron chi connectivity index (χ3n) is 2.90. The van der Waals surface area contributed by atoms with Crippen LogP contribution in [0.25, 0.3) is 0 Å². The number of amides is 2. The van der Waals surface area contributed by atoms with E-state index in [1.54, 1.807) is 24.3 Å². The van der Waals surface area contributed by atoms with Gasteiger partial charge in [-0.1, -0.05) is 19.1 Å². The van der Waals surface area contributed by atoms with Gasteiger partial charge in [0.2, 0.25) is 0 Å². The van der Waals surface area contributed by atoms with Gasteiger partial charge in [0, 0.05) is 6.54 Å². The molecule has 1 aliphatic rings. The molecule has 0 spiro atoms. The SMILES string of the molecule is CCCSCCCN1C(=O)c2ccccc2C1=O. The predicted octanol–water partition coefficient (Wildman–Crippen LogP) is 2.82. The second-order valence-electron chi connectivity index (χ2n) is 4.27. The number of carbonyl (C=O) groups is 2. The van der Waals surface area contributed by atoms with Crippen molar-refractivity contribution in [1.82, 2.24) is 4.90 Å². The van der Waals surface area contributed by atoms with Crippen molar-refractivity contribution < 1.29 is 9.59 Å². The third-order valence-corrected chi connectivity index (χ3v) is 4.17. The molecule has 2 amide bonds. The maximum Gasteiger partial charge on any atom is 0.261 e. The highest BCUT2D eigenvalue weighted by Gasteiger charge is 2.34. The van der Waals surface area contributed by atoms with Gasteiger partial charge in [-0.15, -0.1) is 0 Å². The van der Waals surface area contributed by atoms with Crippen LogP contribution < -0.4 is 0 Å². The Kier molecular flexibility index (Phi) is 4.42. The highest BCUT2D eigenvalue weighted by atomic mass is 32.2. The van der Waals surface area contributed by atoms with Gasteiger partial charge in [0.05, 0.1) is 11.1 Å². The first kappa shape index (κ1) is 13.1. The van der Waals surface area contributed by atoms with Gasteiger partial charge in [0.25, 0.3) is 11.8 Å². The van der Waals surface area contributed by atoms with Crippen LogP contribution in [0, 0.1) is 0 Å². The maximum absolute atomic E-state index is 12.0. The molecule has 0 aromatic heterocycles. The lowest BCUT2D eigenvalue weighted by atomic mass is 10.1. The molecule has 0 fully saturated rings. The molecule has 96 valence electrons. The number of nitrogens with zero attached hydrogens (tertiary/aromatic N) is 1. The Morgan fingerprint density at radius 1 is 1.06 bits per heavy atom. The van der Waals surface area contributed by atoms with Crippen LogP contribution in [0.2, 0.25) is 0 Å². The number of carbonyl (C=O) groups excluding carboxylic acids is 2. The Morgan fingerprint density at radius 3 is 2.22 bits per heavy atom. The molecule has 0 N–H and O–H groups in total. The van der Waals surface area contributed by atoms with Crippen molar-refractivity contribution in [3.05, 3.63) is 35.4 Å². The summed E-state index contributed by atoms with van der Waals surface area (Å²) >= 11 is 1.87. The highest BCUT2D eigenvalue weighted by molar-refractivity contribution is 7.99. The van der Waals surface area contributed by atoms with Crippen LogP contribution in [0.5, 0.6) is 0 Å². The van der Waals surface area contributed by atoms with Crippen molar-refractivity contribution in [1.29, 1.82) is 0 Å². The summed E-state index contributed by atoms with van der Waals surface area (Å²) in [6.45, 7) is 2.68. The summed E-state index contributed by atoms with van der Waals surface area (Å²) in [6.07, 6.45) is 2.04. The van der Waals surface area contributed by atoms with E-state index in [4.69, 9.17) is 0 Å². The third kappa shape index (κ3) is 2.58. The molecule has 0 saturated carbocycles. The van der Waals surface area contributed by atoms with Gasteiger partial charge in [-0.2, -0.15) is 11.8 Å². The fourth-order valence-electron chi connectivity index (χ4n) is 2.01. The average Bonchev–Trinajstić information content (AvgIpc) is 2.64. The molecule has 0 atom stereocenters. The zero-order chi connectivity index (χ0) is 13.0. The number of benzene rings is 1. The summed E-state index contributed by atoms with van der Waals surface area (Å²) in [5, 5.41) is 0. The van der Waals surface area contributed by atoms with E-state index < -0.39 is 0 Å². The van der Waals surface area contributed by atoms with Crippen molar-refractivity contribution in [3.63, 3.8) is 0 Å². The first-order chi connectivity index (χ1) is 8.75. The van der Waals surface area contributed by atoms with Gasteiger partial charge < -0.3 is 0 Å². The van der Waals surface area contributed by atoms with Crippen LogP contribution in [0.1, 0.15) is 40.5 Å². The van der Waals surface area contributed by atoms with Gasteiger partial charge in [-0.3, -0.25) is 14.5 Å². The molecule has 1 heterocycles. The van der Waals surface area contributed by atoms with Crippen LogP contribution in [-0.2, 0) is 0 Å². The monoisotopic (exact) mass is 263 g/mol. The van der Waals surface area contributed by atoms with Gasteiger partial charge in [-0.05, 0) is 36.5 Å². The van der Waals surface area contributed by atoms with Crippen molar-refractivity contribution in [2.75, 3.05) is 18.1 Å². The standard InChI is InChI=1S/C14H17NO2S/c1-2-9-18-10-5-8-15-13(16)11-6-3-4-7-12(11)14(15)17/h3-4,6-7H,2,5,8-10H2,1H3. The number of imide groups is 1. The van der Waals surface area contributed by atoms with E-state index in [0.29, 0.717) is 17.7 Å². The molecule has 1 aliphatic heterocycles. The van der Waals surface area contributed by atoms with Crippen LogP contribution in [0.15, 0.2) is 24.3 Å². The van der Waals surface area contributed by atoms with E-state index >= 15 is 0 Å². The molecule has 1 aromatic rings. The van der Waals surface area contributed by atoms with E-state index in [0.717, 1.165) is 24.3 Å². The van der Waals surface area contributed by atoms with Gasteiger partial charge in [0.1, 0.15) is 0 Å². The molecule has 0 bridgehead atoms. The molecule has 0 radical (unpaired) electrons. The molecule has 4 heteroatoms. The molecular formula is C14H17NO2S. The fourth-order valence-corrected chi connectivity index (χ4v) is 2.84. The number of thioether (sulfide) groups is 1. The lowest BCUT2D eigenvalue weighted by molar-refractivity contribution is 0.0655. The minimum Gasteiger partial charge on any atom is -0.274 e. The largest absolute Gasteiger partial charge is 0.274 e. The smallest absolute Gasteiger partial charge is 0.261 e. The molecule has 0 saturated heterocycles. The quantitative estimate of drug-likeness (QED) is 0.585. The topological polar surface area (TPSA) is 37.4 Å². The van der Waals surface area contributed by atoms with E-state index in [1.807, 2.05) is 11.8 Å². The van der Waals surface area contributed by atoms with E-state index in [1.165, 1.54) is 4.90 Å². The molecule has 2 rings (SSSR count). The summed E-state index contributed by atoms with van der Waals surface area (Å²) in [6, 6.07) is 7.04. The highest BCUT2D eigenvalue weighted by Crippen LogP contribution is 2.22. The Balaban J connectivity index is 1.93. The summed E-state index contributed by atoms with van der Waals surface area (Å²) in [5.74, 6) is 1.86. The molecule has 3 nitrogen and oxygen atoms in total. The molecular weight excluding hydrogens is 246 g/mol. The van der Waals surface area contributed by atoms with Gasteiger partial charge in [-0.25, -0.2) is 0 Å². The maximum atomic E-state index is 12.0. The van der Waals surface area contributed by atoms with Crippen molar-refractivity contribution in [3.8, 4) is 0 Å². The number of hydrogen-bond acceptors (Lipinski definition) is 3. The van der Waals surface area contributed by atoms with Crippen LogP contribution in [0.4, 0.5) is 0 Å². The minimum atomic E-state index is -0.143. The molecule has 0 unspecified atom stereocenters. The van der Waals surface area contributed by atoms with Crippen molar-refractivity contribution >= 4 is 23.6 Å². The summed E-state index contributed by atoms with van der Waals surface area (Å²) in [5.41, 5.74) is 1.09. The number of fused-ring (bicyclic) bond motifs is 1. The van der Waals surface area contributed by atoms with E-state index in [-0.39, 0.29) is 11.8 Å². The first-order valence-electron chi connectivity index (χ1n) is 6.28. The minimum absolute atomic E-state index is 0.143. The van der Waals surface area contributed by atoms with Gasteiger partial charge in [0.15, 0.2) is 0 Å².